The fourth-order valence-electron chi connectivity index (χ4n) is 2.94. The van der Waals surface area contributed by atoms with Gasteiger partial charge < -0.3 is 9.73 Å². The Bertz CT molecular complexity index is 1060. The van der Waals surface area contributed by atoms with E-state index < -0.39 is 29.3 Å². The van der Waals surface area contributed by atoms with Crippen LogP contribution in [0.25, 0.3) is 11.3 Å². The Kier molecular flexibility index (Phi) is 5.97. The first kappa shape index (κ1) is 20.1. The summed E-state index contributed by atoms with van der Waals surface area (Å²) in [6, 6.07) is 13.8. The second-order valence-electron chi connectivity index (χ2n) is 6.53. The van der Waals surface area contributed by atoms with Gasteiger partial charge in [-0.1, -0.05) is 42.5 Å². The number of nitrogens with one attached hydrogen (secondary N) is 1. The van der Waals surface area contributed by atoms with E-state index in [9.17, 15) is 18.8 Å². The first-order valence-electron chi connectivity index (χ1n) is 8.98. The number of nitrogens with zero attached hydrogens (tertiary/aromatic N) is 1. The molecule has 0 spiro atoms. The van der Waals surface area contributed by atoms with Crippen molar-refractivity contribution in [3.8, 4) is 11.3 Å². The van der Waals surface area contributed by atoms with Crippen LogP contribution in [0.1, 0.15) is 28.9 Å². The molecule has 0 bridgehead atoms. The van der Waals surface area contributed by atoms with Gasteiger partial charge in [0.05, 0.1) is 6.04 Å². The van der Waals surface area contributed by atoms with E-state index in [0.717, 1.165) is 12.5 Å². The molecule has 7 heteroatoms. The van der Waals surface area contributed by atoms with Crippen molar-refractivity contribution in [2.75, 3.05) is 0 Å². The normalized spacial score (nSPS) is 11.7. The molecule has 0 aliphatic heterocycles. The molecule has 3 aromatic rings. The number of Topliss-reactive ketones (excluding diaryl/α,β-unsaturated/α-hetero) is 2. The lowest BCUT2D eigenvalue weighted by Crippen LogP contribution is -2.44. The van der Waals surface area contributed by atoms with Crippen LogP contribution in [0.5, 0.6) is 0 Å². The predicted molar refractivity (Wildman–Crippen MR) is 104 cm³/mol. The van der Waals surface area contributed by atoms with Gasteiger partial charge in [-0.3, -0.25) is 14.4 Å². The molecule has 1 aromatic heterocycles. The van der Waals surface area contributed by atoms with Crippen molar-refractivity contribution >= 4 is 17.5 Å². The van der Waals surface area contributed by atoms with Crippen LogP contribution in [-0.4, -0.2) is 28.5 Å². The van der Waals surface area contributed by atoms with Gasteiger partial charge in [0.1, 0.15) is 11.5 Å². The Morgan fingerprint density at radius 2 is 1.72 bits per heavy atom. The third-order valence-electron chi connectivity index (χ3n) is 4.32. The van der Waals surface area contributed by atoms with Crippen molar-refractivity contribution in [2.45, 2.75) is 26.3 Å². The Hall–Kier alpha value is -3.61. The summed E-state index contributed by atoms with van der Waals surface area (Å²) in [5, 5.41) is 2.54. The zero-order chi connectivity index (χ0) is 21.0. The number of aryl methyl sites for hydroxylation is 1. The highest BCUT2D eigenvalue weighted by Crippen LogP contribution is 2.26. The van der Waals surface area contributed by atoms with Crippen LogP contribution in [0.3, 0.4) is 0 Å². The number of hydrogen-bond acceptors (Lipinski definition) is 5. The molecule has 0 saturated carbocycles. The van der Waals surface area contributed by atoms with Gasteiger partial charge in [0.2, 0.25) is 11.5 Å². The van der Waals surface area contributed by atoms with E-state index in [4.69, 9.17) is 4.42 Å². The molecule has 0 aliphatic rings. The molecule has 2 aromatic carbocycles. The summed E-state index contributed by atoms with van der Waals surface area (Å²) < 4.78 is 19.6. The van der Waals surface area contributed by atoms with Crippen LogP contribution in [0.4, 0.5) is 4.39 Å². The number of carbonyl (C=O) groups excluding carboxylic acids is 3. The van der Waals surface area contributed by atoms with Crippen molar-refractivity contribution in [3.05, 3.63) is 77.6 Å². The zero-order valence-corrected chi connectivity index (χ0v) is 15.9. The second kappa shape index (κ2) is 8.60. The number of aromatic nitrogens is 1. The highest BCUT2D eigenvalue weighted by atomic mass is 19.1. The summed E-state index contributed by atoms with van der Waals surface area (Å²) in [5.74, 6) is -2.76. The van der Waals surface area contributed by atoms with Gasteiger partial charge >= 0.3 is 0 Å². The van der Waals surface area contributed by atoms with E-state index in [1.54, 1.807) is 30.3 Å². The molecule has 0 aliphatic carbocycles. The number of ketones is 2. The summed E-state index contributed by atoms with van der Waals surface area (Å²) >= 11 is 0. The van der Waals surface area contributed by atoms with Crippen LogP contribution in [-0.2, 0) is 16.0 Å². The van der Waals surface area contributed by atoms with Crippen molar-refractivity contribution in [1.82, 2.24) is 10.3 Å². The third-order valence-corrected chi connectivity index (χ3v) is 4.32. The highest BCUT2D eigenvalue weighted by molar-refractivity contribution is 6.38. The van der Waals surface area contributed by atoms with Gasteiger partial charge in [0.25, 0.3) is 5.91 Å². The van der Waals surface area contributed by atoms with Crippen LogP contribution in [0, 0.1) is 12.7 Å². The molecule has 1 heterocycles. The smallest absolute Gasteiger partial charge is 0.290 e. The van der Waals surface area contributed by atoms with E-state index in [1.165, 1.54) is 25.1 Å². The van der Waals surface area contributed by atoms with Crippen molar-refractivity contribution in [3.63, 3.8) is 0 Å². The molecule has 1 amide bonds. The fraction of sp³-hybridized carbons (Fsp3) is 0.182. The quantitative estimate of drug-likeness (QED) is 0.621. The number of rotatable bonds is 7. The molecule has 0 fully saturated rings. The summed E-state index contributed by atoms with van der Waals surface area (Å²) in [6.07, 6.45) is 0.132. The summed E-state index contributed by atoms with van der Waals surface area (Å²) in [7, 11) is 0. The number of benzene rings is 2. The molecule has 1 atom stereocenters. The average molecular weight is 394 g/mol. The average Bonchev–Trinajstić information content (AvgIpc) is 3.09. The Morgan fingerprint density at radius 1 is 1.07 bits per heavy atom. The molecule has 6 nitrogen and oxygen atoms in total. The summed E-state index contributed by atoms with van der Waals surface area (Å²) in [6.45, 7) is 2.68. The van der Waals surface area contributed by atoms with Crippen molar-refractivity contribution in [2.24, 2.45) is 0 Å². The minimum atomic E-state index is -1.08. The Labute approximate surface area is 166 Å². The number of halogens is 1. The summed E-state index contributed by atoms with van der Waals surface area (Å²) in [5.41, 5.74) is 0.911. The predicted octanol–water partition coefficient (Wildman–Crippen LogP) is 3.29. The van der Waals surface area contributed by atoms with Gasteiger partial charge in [0, 0.05) is 25.8 Å². The maximum atomic E-state index is 14.2. The number of amides is 1. The van der Waals surface area contributed by atoms with E-state index >= 15 is 0 Å². The number of oxazole rings is 1. The lowest BCUT2D eigenvalue weighted by molar-refractivity contribution is -0.136. The minimum absolute atomic E-state index is 0.0341. The fourth-order valence-corrected chi connectivity index (χ4v) is 2.94. The molecule has 1 N–H and O–H groups in total. The number of hydrogen-bond donors (Lipinski definition) is 1. The van der Waals surface area contributed by atoms with Crippen LogP contribution in [0.2, 0.25) is 0 Å². The maximum absolute atomic E-state index is 14.2. The van der Waals surface area contributed by atoms with E-state index in [1.807, 2.05) is 6.07 Å². The second-order valence-corrected chi connectivity index (χ2v) is 6.53. The Balaban J connectivity index is 1.91. The van der Waals surface area contributed by atoms with Crippen LogP contribution >= 0.6 is 0 Å². The largest absolute Gasteiger partial charge is 0.435 e. The topological polar surface area (TPSA) is 89.3 Å². The molecule has 29 heavy (non-hydrogen) atoms. The molecular weight excluding hydrogens is 375 g/mol. The molecule has 0 saturated heterocycles. The molecule has 1 unspecified atom stereocenters. The van der Waals surface area contributed by atoms with Gasteiger partial charge in [0.15, 0.2) is 11.7 Å². The Morgan fingerprint density at radius 3 is 2.38 bits per heavy atom. The molecule has 0 radical (unpaired) electrons. The van der Waals surface area contributed by atoms with E-state index in [-0.39, 0.29) is 29.3 Å². The van der Waals surface area contributed by atoms with Crippen LogP contribution < -0.4 is 5.32 Å². The van der Waals surface area contributed by atoms with Gasteiger partial charge in [-0.15, -0.1) is 0 Å². The maximum Gasteiger partial charge on any atom is 0.290 e. The van der Waals surface area contributed by atoms with Crippen LogP contribution in [0.15, 0.2) is 59.0 Å². The monoisotopic (exact) mass is 394 g/mol. The minimum Gasteiger partial charge on any atom is -0.435 e. The van der Waals surface area contributed by atoms with Crippen molar-refractivity contribution < 1.29 is 23.2 Å². The number of carbonyl (C=O) groups is 3. The summed E-state index contributed by atoms with van der Waals surface area (Å²) in [4.78, 5) is 41.0. The van der Waals surface area contributed by atoms with Crippen molar-refractivity contribution in [1.29, 1.82) is 0 Å². The lowest BCUT2D eigenvalue weighted by atomic mass is 10.00. The zero-order valence-electron chi connectivity index (χ0n) is 15.9. The SMILES string of the molecule is CC(=O)C(=O)C(Cc1ccccc1)NC(=O)c1oc(C)nc1-c1ccccc1F. The lowest BCUT2D eigenvalue weighted by Gasteiger charge is -2.16. The molecule has 148 valence electrons. The molecular formula is C22H19FN2O4. The van der Waals surface area contributed by atoms with Gasteiger partial charge in [-0.25, -0.2) is 9.37 Å². The first-order chi connectivity index (χ1) is 13.9. The standard InChI is InChI=1S/C22H19FN2O4/c1-13(26)20(27)18(12-15-8-4-3-5-9-15)25-22(28)21-19(24-14(2)29-21)16-10-6-7-11-17(16)23/h3-11,18H,12H2,1-2H3,(H,25,28). The van der Waals surface area contributed by atoms with E-state index in [2.05, 4.69) is 10.3 Å². The van der Waals surface area contributed by atoms with Gasteiger partial charge in [-0.2, -0.15) is 0 Å². The van der Waals surface area contributed by atoms with E-state index in [0.29, 0.717) is 0 Å². The van der Waals surface area contributed by atoms with Gasteiger partial charge in [-0.05, 0) is 17.7 Å². The highest BCUT2D eigenvalue weighted by Gasteiger charge is 2.29. The third kappa shape index (κ3) is 4.63. The molecule has 3 rings (SSSR count). The first-order valence-corrected chi connectivity index (χ1v) is 8.98.